The lowest BCUT2D eigenvalue weighted by Gasteiger charge is -2.20. The number of benzene rings is 2. The molecule has 36 heavy (non-hydrogen) atoms. The van der Waals surface area contributed by atoms with E-state index in [-0.39, 0.29) is 12.5 Å². The van der Waals surface area contributed by atoms with Gasteiger partial charge in [0.25, 0.3) is 5.91 Å². The van der Waals surface area contributed by atoms with Gasteiger partial charge in [-0.05, 0) is 43.1 Å². The molecule has 1 N–H and O–H groups in total. The van der Waals surface area contributed by atoms with Crippen molar-refractivity contribution in [2.75, 3.05) is 40.5 Å². The average Bonchev–Trinajstić information content (AvgIpc) is 3.55. The van der Waals surface area contributed by atoms with Crippen molar-refractivity contribution in [3.63, 3.8) is 0 Å². The van der Waals surface area contributed by atoms with Gasteiger partial charge in [0.1, 0.15) is 18.9 Å². The number of rotatable bonds is 2. The summed E-state index contributed by atoms with van der Waals surface area (Å²) in [7, 11) is 3.21. The Balaban J connectivity index is 1.39. The maximum Gasteiger partial charge on any atom is 0.251 e. The maximum absolute atomic E-state index is 12.8. The van der Waals surface area contributed by atoms with Crippen LogP contribution in [0.5, 0.6) is 23.0 Å². The molecular formula is C26H31N5O5. The van der Waals surface area contributed by atoms with E-state index in [1.807, 2.05) is 18.3 Å². The highest BCUT2D eigenvalue weighted by atomic mass is 16.5. The molecule has 2 unspecified atom stereocenters. The standard InChI is InChI=1S/C26H31N5O5/c1-33-23-5-3-4-20-15-30-9-8-18(14-30)13-27-26(32)19-6-7-22(24(12-19)34-2)35-11-10-31-16-21(28-29-31)17-36-25(20)23/h3-7,12,16,18H,8-11,13-15,17H2,1-2H3,(H,27,32). The van der Waals surface area contributed by atoms with E-state index < -0.39 is 0 Å². The normalized spacial score (nSPS) is 20.3. The van der Waals surface area contributed by atoms with Gasteiger partial charge in [-0.2, -0.15) is 0 Å². The molecule has 6 bridgehead atoms. The Bertz CT molecular complexity index is 1210. The molecule has 2 aromatic carbocycles. The Hall–Kier alpha value is -3.79. The summed E-state index contributed by atoms with van der Waals surface area (Å²) in [6.07, 6.45) is 2.86. The molecule has 0 saturated carbocycles. The van der Waals surface area contributed by atoms with Gasteiger partial charge in [-0.1, -0.05) is 17.3 Å². The molecule has 10 nitrogen and oxygen atoms in total. The van der Waals surface area contributed by atoms with Crippen LogP contribution in [0, 0.1) is 5.92 Å². The summed E-state index contributed by atoms with van der Waals surface area (Å²) in [6.45, 7) is 4.32. The molecule has 3 aliphatic heterocycles. The zero-order chi connectivity index (χ0) is 24.9. The second-order valence-corrected chi connectivity index (χ2v) is 9.02. The van der Waals surface area contributed by atoms with Crippen molar-refractivity contribution in [1.82, 2.24) is 25.2 Å². The Morgan fingerprint density at radius 1 is 1.08 bits per heavy atom. The molecule has 4 heterocycles. The molecular weight excluding hydrogens is 462 g/mol. The van der Waals surface area contributed by atoms with Gasteiger partial charge in [0.05, 0.1) is 27.0 Å². The van der Waals surface area contributed by atoms with E-state index in [2.05, 4.69) is 26.6 Å². The van der Waals surface area contributed by atoms with Crippen LogP contribution in [0.15, 0.2) is 42.6 Å². The van der Waals surface area contributed by atoms with Gasteiger partial charge >= 0.3 is 0 Å². The van der Waals surface area contributed by atoms with Crippen LogP contribution in [-0.4, -0.2) is 66.3 Å². The highest BCUT2D eigenvalue weighted by Crippen LogP contribution is 2.34. The van der Waals surface area contributed by atoms with Gasteiger partial charge < -0.3 is 24.3 Å². The molecule has 0 spiro atoms. The highest BCUT2D eigenvalue weighted by molar-refractivity contribution is 5.94. The predicted octanol–water partition coefficient (Wildman–Crippen LogP) is 2.52. The third kappa shape index (κ3) is 5.38. The molecule has 1 saturated heterocycles. The molecule has 1 fully saturated rings. The number of carbonyl (C=O) groups is 1. The van der Waals surface area contributed by atoms with Gasteiger partial charge in [0, 0.05) is 30.8 Å². The van der Waals surface area contributed by atoms with E-state index in [0.29, 0.717) is 59.9 Å². The molecule has 0 aliphatic carbocycles. The number of carbonyl (C=O) groups excluding carboxylic acids is 1. The fraction of sp³-hybridized carbons (Fsp3) is 0.423. The number of fused-ring (bicyclic) bond motifs is 7. The van der Waals surface area contributed by atoms with E-state index in [9.17, 15) is 4.79 Å². The summed E-state index contributed by atoms with van der Waals surface area (Å²) in [5.74, 6) is 2.74. The minimum Gasteiger partial charge on any atom is -0.493 e. The van der Waals surface area contributed by atoms with Crippen LogP contribution in [0.3, 0.4) is 0 Å². The number of ether oxygens (including phenoxy) is 4. The molecule has 2 atom stereocenters. The summed E-state index contributed by atoms with van der Waals surface area (Å²) < 4.78 is 24.9. The van der Waals surface area contributed by atoms with Crippen LogP contribution in [-0.2, 0) is 19.7 Å². The Morgan fingerprint density at radius 2 is 1.97 bits per heavy atom. The highest BCUT2D eigenvalue weighted by Gasteiger charge is 2.25. The van der Waals surface area contributed by atoms with Crippen LogP contribution >= 0.6 is 0 Å². The summed E-state index contributed by atoms with van der Waals surface area (Å²) in [4.78, 5) is 15.2. The molecule has 1 amide bonds. The Morgan fingerprint density at radius 3 is 2.83 bits per heavy atom. The molecule has 190 valence electrons. The fourth-order valence-corrected chi connectivity index (χ4v) is 4.65. The summed E-state index contributed by atoms with van der Waals surface area (Å²) in [5.41, 5.74) is 2.31. The zero-order valence-electron chi connectivity index (χ0n) is 20.6. The van der Waals surface area contributed by atoms with Gasteiger partial charge in [0.2, 0.25) is 0 Å². The molecule has 3 aliphatic rings. The van der Waals surface area contributed by atoms with E-state index in [4.69, 9.17) is 18.9 Å². The number of hydrogen-bond donors (Lipinski definition) is 1. The number of nitrogens with one attached hydrogen (secondary N) is 1. The number of amides is 1. The number of hydrogen-bond acceptors (Lipinski definition) is 8. The lowest BCUT2D eigenvalue weighted by molar-refractivity contribution is 0.0947. The minimum absolute atomic E-state index is 0.122. The van der Waals surface area contributed by atoms with E-state index in [1.54, 1.807) is 37.1 Å². The first-order valence-corrected chi connectivity index (χ1v) is 12.1. The van der Waals surface area contributed by atoms with Crippen LogP contribution in [0.4, 0.5) is 0 Å². The first-order chi connectivity index (χ1) is 17.6. The lowest BCUT2D eigenvalue weighted by atomic mass is 10.1. The molecule has 3 aromatic rings. The summed E-state index contributed by atoms with van der Waals surface area (Å²) >= 11 is 0. The largest absolute Gasteiger partial charge is 0.493 e. The Labute approximate surface area is 210 Å². The van der Waals surface area contributed by atoms with Gasteiger partial charge in [0.15, 0.2) is 23.0 Å². The van der Waals surface area contributed by atoms with Crippen molar-refractivity contribution in [3.05, 3.63) is 59.4 Å². The van der Waals surface area contributed by atoms with E-state index in [0.717, 1.165) is 31.6 Å². The quantitative estimate of drug-likeness (QED) is 0.582. The third-order valence-corrected chi connectivity index (χ3v) is 6.55. The SMILES string of the molecule is COc1cc2ccc1OCCn1cc(nn1)COc1c(cccc1OC)CN1CCC(CNC2=O)C1. The second-order valence-electron chi connectivity index (χ2n) is 9.02. The monoisotopic (exact) mass is 493 g/mol. The van der Waals surface area contributed by atoms with E-state index in [1.165, 1.54) is 0 Å². The first kappa shape index (κ1) is 23.9. The number of aromatic nitrogens is 3. The van der Waals surface area contributed by atoms with Crippen LogP contribution in [0.1, 0.15) is 28.0 Å². The zero-order valence-corrected chi connectivity index (χ0v) is 20.6. The van der Waals surface area contributed by atoms with Crippen molar-refractivity contribution in [1.29, 1.82) is 0 Å². The Kier molecular flexibility index (Phi) is 7.22. The molecule has 1 aromatic heterocycles. The minimum atomic E-state index is -0.122. The molecule has 6 rings (SSSR count). The van der Waals surface area contributed by atoms with Crippen molar-refractivity contribution < 1.29 is 23.7 Å². The van der Waals surface area contributed by atoms with Gasteiger partial charge in [-0.15, -0.1) is 5.10 Å². The van der Waals surface area contributed by atoms with Crippen molar-refractivity contribution >= 4 is 5.91 Å². The van der Waals surface area contributed by atoms with Gasteiger partial charge in [-0.3, -0.25) is 9.69 Å². The summed E-state index contributed by atoms with van der Waals surface area (Å²) in [5, 5.41) is 11.5. The van der Waals surface area contributed by atoms with Crippen molar-refractivity contribution in [3.8, 4) is 23.0 Å². The predicted molar refractivity (Wildman–Crippen MR) is 132 cm³/mol. The molecule has 10 heteroatoms. The number of para-hydroxylation sites is 1. The smallest absolute Gasteiger partial charge is 0.251 e. The lowest BCUT2D eigenvalue weighted by Crippen LogP contribution is -2.31. The number of methoxy groups -OCH3 is 2. The fourth-order valence-electron chi connectivity index (χ4n) is 4.65. The summed E-state index contributed by atoms with van der Waals surface area (Å²) in [6, 6.07) is 11.2. The average molecular weight is 494 g/mol. The van der Waals surface area contributed by atoms with Crippen LogP contribution in [0.25, 0.3) is 0 Å². The van der Waals surface area contributed by atoms with Gasteiger partial charge in [-0.25, -0.2) is 4.68 Å². The van der Waals surface area contributed by atoms with Crippen LogP contribution < -0.4 is 24.3 Å². The van der Waals surface area contributed by atoms with Crippen molar-refractivity contribution in [2.45, 2.75) is 26.1 Å². The maximum atomic E-state index is 12.8. The third-order valence-electron chi connectivity index (χ3n) is 6.55. The number of nitrogens with zero attached hydrogens (tertiary/aromatic N) is 4. The van der Waals surface area contributed by atoms with Crippen LogP contribution in [0.2, 0.25) is 0 Å². The second kappa shape index (κ2) is 10.9. The first-order valence-electron chi connectivity index (χ1n) is 12.1. The van der Waals surface area contributed by atoms with E-state index >= 15 is 0 Å². The molecule has 0 radical (unpaired) electrons. The topological polar surface area (TPSA) is 100.0 Å². The van der Waals surface area contributed by atoms with Crippen molar-refractivity contribution in [2.24, 2.45) is 5.92 Å².